The summed E-state index contributed by atoms with van der Waals surface area (Å²) in [6.07, 6.45) is -8.29. The Morgan fingerprint density at radius 1 is 1.33 bits per heavy atom. The molecule has 1 heterocycles. The van der Waals surface area contributed by atoms with Crippen LogP contribution in [0.15, 0.2) is 6.07 Å². The van der Waals surface area contributed by atoms with Crippen LogP contribution < -0.4 is 0 Å². The van der Waals surface area contributed by atoms with Gasteiger partial charge in [0.05, 0.1) is 11.3 Å². The third-order valence-electron chi connectivity index (χ3n) is 1.73. The molecule has 1 rings (SSSR count). The molecule has 0 fully saturated rings. The highest BCUT2D eigenvalue weighted by Gasteiger charge is 2.37. The van der Waals surface area contributed by atoms with Gasteiger partial charge in [0.15, 0.2) is 0 Å². The number of hydrogen-bond donors (Lipinski definition) is 1. The second-order valence-electron chi connectivity index (χ2n) is 2.82. The molecular formula is C8H6F5NO. The molecule has 1 aromatic rings. The van der Waals surface area contributed by atoms with Gasteiger partial charge in [-0.15, -0.1) is 0 Å². The number of nitrogens with zero attached hydrogens (tertiary/aromatic N) is 1. The molecule has 0 aromatic carbocycles. The van der Waals surface area contributed by atoms with E-state index in [-0.39, 0.29) is 11.8 Å². The largest absolute Gasteiger partial charge is 0.506 e. The van der Waals surface area contributed by atoms with E-state index in [0.29, 0.717) is 0 Å². The van der Waals surface area contributed by atoms with E-state index in [4.69, 9.17) is 5.11 Å². The summed E-state index contributed by atoms with van der Waals surface area (Å²) in [5.41, 5.74) is -3.24. The van der Waals surface area contributed by atoms with Crippen molar-refractivity contribution in [2.75, 3.05) is 0 Å². The van der Waals surface area contributed by atoms with Crippen molar-refractivity contribution >= 4 is 0 Å². The molecule has 0 amide bonds. The van der Waals surface area contributed by atoms with Crippen LogP contribution in [0.25, 0.3) is 0 Å². The number of alkyl halides is 5. The molecule has 0 spiro atoms. The highest BCUT2D eigenvalue weighted by molar-refractivity contribution is 5.36. The lowest BCUT2D eigenvalue weighted by Gasteiger charge is -2.12. The molecule has 0 atom stereocenters. The van der Waals surface area contributed by atoms with Crippen molar-refractivity contribution in [3.63, 3.8) is 0 Å². The van der Waals surface area contributed by atoms with E-state index >= 15 is 0 Å². The lowest BCUT2D eigenvalue weighted by atomic mass is 10.1. The van der Waals surface area contributed by atoms with Crippen LogP contribution in [0.3, 0.4) is 0 Å². The van der Waals surface area contributed by atoms with E-state index < -0.39 is 29.6 Å². The fraction of sp³-hybridized carbons (Fsp3) is 0.375. The molecule has 15 heavy (non-hydrogen) atoms. The van der Waals surface area contributed by atoms with E-state index in [1.165, 1.54) is 0 Å². The fourth-order valence-electron chi connectivity index (χ4n) is 1.01. The summed E-state index contributed by atoms with van der Waals surface area (Å²) >= 11 is 0. The molecule has 0 unspecified atom stereocenters. The second-order valence-corrected chi connectivity index (χ2v) is 2.82. The Kier molecular flexibility index (Phi) is 2.83. The van der Waals surface area contributed by atoms with Crippen molar-refractivity contribution < 1.29 is 27.1 Å². The van der Waals surface area contributed by atoms with Gasteiger partial charge in [0.1, 0.15) is 11.4 Å². The average Bonchev–Trinajstić information content (AvgIpc) is 2.06. The first-order valence-corrected chi connectivity index (χ1v) is 3.79. The van der Waals surface area contributed by atoms with Crippen LogP contribution in [0.4, 0.5) is 22.0 Å². The highest BCUT2D eigenvalue weighted by Crippen LogP contribution is 2.37. The van der Waals surface area contributed by atoms with Crippen LogP contribution >= 0.6 is 0 Å². The number of rotatable bonds is 1. The zero-order valence-corrected chi connectivity index (χ0v) is 7.44. The van der Waals surface area contributed by atoms with E-state index in [1.807, 2.05) is 0 Å². The highest BCUT2D eigenvalue weighted by atomic mass is 19.4. The summed E-state index contributed by atoms with van der Waals surface area (Å²) < 4.78 is 61.2. The van der Waals surface area contributed by atoms with E-state index in [0.717, 1.165) is 6.92 Å². The molecule has 2 nitrogen and oxygen atoms in total. The van der Waals surface area contributed by atoms with Crippen LogP contribution in [0, 0.1) is 6.92 Å². The lowest BCUT2D eigenvalue weighted by molar-refractivity contribution is -0.140. The lowest BCUT2D eigenvalue weighted by Crippen LogP contribution is -2.12. The molecule has 84 valence electrons. The first-order valence-electron chi connectivity index (χ1n) is 3.79. The Labute approximate surface area is 81.4 Å². The summed E-state index contributed by atoms with van der Waals surface area (Å²) in [7, 11) is 0. The summed E-state index contributed by atoms with van der Waals surface area (Å²) in [5, 5.41) is 8.96. The van der Waals surface area contributed by atoms with Gasteiger partial charge in [-0.1, -0.05) is 0 Å². The molecule has 0 saturated carbocycles. The van der Waals surface area contributed by atoms with Crippen molar-refractivity contribution in [3.05, 3.63) is 23.0 Å². The summed E-state index contributed by atoms with van der Waals surface area (Å²) in [6.45, 7) is 1.14. The first kappa shape index (κ1) is 11.7. The molecule has 0 aliphatic carbocycles. The molecule has 0 radical (unpaired) electrons. The molecule has 0 bridgehead atoms. The Morgan fingerprint density at radius 2 is 1.87 bits per heavy atom. The van der Waals surface area contributed by atoms with Gasteiger partial charge in [0, 0.05) is 0 Å². The predicted molar refractivity (Wildman–Crippen MR) is 40.6 cm³/mol. The maximum absolute atomic E-state index is 12.2. The van der Waals surface area contributed by atoms with Crippen molar-refractivity contribution in [1.29, 1.82) is 0 Å². The Bertz CT molecular complexity index is 374. The molecule has 0 aliphatic heterocycles. The average molecular weight is 227 g/mol. The van der Waals surface area contributed by atoms with Crippen LogP contribution in [0.1, 0.15) is 23.4 Å². The van der Waals surface area contributed by atoms with Gasteiger partial charge in [-0.2, -0.15) is 13.2 Å². The van der Waals surface area contributed by atoms with Crippen molar-refractivity contribution in [2.45, 2.75) is 19.5 Å². The summed E-state index contributed by atoms with van der Waals surface area (Å²) in [6, 6.07) is 0.254. The number of aromatic hydroxyl groups is 1. The minimum Gasteiger partial charge on any atom is -0.506 e. The van der Waals surface area contributed by atoms with E-state index in [1.54, 1.807) is 0 Å². The minimum atomic E-state index is -4.95. The quantitative estimate of drug-likeness (QED) is 0.748. The standard InChI is InChI=1S/C8H6F5NO/c1-3-5(15)2-4(8(11,12)13)6(14-3)7(9)10/h2,7,15H,1H3. The van der Waals surface area contributed by atoms with Crippen LogP contribution in [0.5, 0.6) is 5.75 Å². The number of hydrogen-bond acceptors (Lipinski definition) is 2. The topological polar surface area (TPSA) is 33.1 Å². The molecule has 1 aromatic heterocycles. The van der Waals surface area contributed by atoms with Gasteiger partial charge in [-0.05, 0) is 13.0 Å². The number of halogens is 5. The normalized spacial score (nSPS) is 12.2. The second kappa shape index (κ2) is 3.63. The summed E-state index contributed by atoms with van der Waals surface area (Å²) in [5.74, 6) is -0.758. The molecule has 7 heteroatoms. The predicted octanol–water partition coefficient (Wildman–Crippen LogP) is 3.05. The van der Waals surface area contributed by atoms with Gasteiger partial charge < -0.3 is 5.11 Å². The van der Waals surface area contributed by atoms with Gasteiger partial charge >= 0.3 is 6.18 Å². The Hall–Kier alpha value is -1.40. The molecule has 0 saturated heterocycles. The van der Waals surface area contributed by atoms with Crippen molar-refractivity contribution in [1.82, 2.24) is 4.98 Å². The summed E-state index contributed by atoms with van der Waals surface area (Å²) in [4.78, 5) is 3.02. The SMILES string of the molecule is Cc1nc(C(F)F)c(C(F)(F)F)cc1O. The molecule has 1 N–H and O–H groups in total. The van der Waals surface area contributed by atoms with Crippen molar-refractivity contribution in [3.8, 4) is 5.75 Å². The Balaban J connectivity index is 3.42. The van der Waals surface area contributed by atoms with Crippen LogP contribution in [-0.4, -0.2) is 10.1 Å². The fourth-order valence-corrected chi connectivity index (χ4v) is 1.01. The zero-order chi connectivity index (χ0) is 11.8. The number of aryl methyl sites for hydroxylation is 1. The van der Waals surface area contributed by atoms with Crippen molar-refractivity contribution in [2.24, 2.45) is 0 Å². The maximum atomic E-state index is 12.2. The van der Waals surface area contributed by atoms with Gasteiger partial charge in [0.2, 0.25) is 0 Å². The smallest absolute Gasteiger partial charge is 0.418 e. The third-order valence-corrected chi connectivity index (χ3v) is 1.73. The maximum Gasteiger partial charge on any atom is 0.418 e. The Morgan fingerprint density at radius 3 is 2.27 bits per heavy atom. The third kappa shape index (κ3) is 2.34. The number of pyridine rings is 1. The van der Waals surface area contributed by atoms with Crippen LogP contribution in [-0.2, 0) is 6.18 Å². The van der Waals surface area contributed by atoms with E-state index in [9.17, 15) is 22.0 Å². The van der Waals surface area contributed by atoms with Gasteiger partial charge in [-0.3, -0.25) is 0 Å². The van der Waals surface area contributed by atoms with E-state index in [2.05, 4.69) is 4.98 Å². The first-order chi connectivity index (χ1) is 6.73. The minimum absolute atomic E-state index is 0.254. The number of aromatic nitrogens is 1. The molecular weight excluding hydrogens is 221 g/mol. The monoisotopic (exact) mass is 227 g/mol. The molecule has 0 aliphatic rings. The van der Waals surface area contributed by atoms with Gasteiger partial charge in [0.25, 0.3) is 6.43 Å². The zero-order valence-electron chi connectivity index (χ0n) is 7.44. The van der Waals surface area contributed by atoms with Gasteiger partial charge in [-0.25, -0.2) is 13.8 Å². The van der Waals surface area contributed by atoms with Crippen LogP contribution in [0.2, 0.25) is 0 Å².